The van der Waals surface area contributed by atoms with E-state index in [1.54, 1.807) is 29.8 Å². The summed E-state index contributed by atoms with van der Waals surface area (Å²) in [6, 6.07) is 5.29. The number of nitrogens with zero attached hydrogens (tertiary/aromatic N) is 3. The first-order valence-electron chi connectivity index (χ1n) is 6.91. The van der Waals surface area contributed by atoms with Crippen molar-refractivity contribution >= 4 is 41.2 Å². The Bertz CT molecular complexity index is 809. The van der Waals surface area contributed by atoms with Gasteiger partial charge in [-0.15, -0.1) is 0 Å². The Hall–Kier alpha value is -2.38. The molecule has 126 valence electrons. The van der Waals surface area contributed by atoms with Gasteiger partial charge in [0, 0.05) is 26.9 Å². The molecule has 0 bridgehead atoms. The molecule has 3 N–H and O–H groups in total. The molecule has 0 radical (unpaired) electrons. The summed E-state index contributed by atoms with van der Waals surface area (Å²) in [4.78, 5) is 21.7. The molecule has 2 rings (SSSR count). The predicted molar refractivity (Wildman–Crippen MR) is 92.2 cm³/mol. The van der Waals surface area contributed by atoms with Crippen LogP contribution in [0.4, 0.5) is 0 Å². The van der Waals surface area contributed by atoms with E-state index in [9.17, 15) is 9.59 Å². The summed E-state index contributed by atoms with van der Waals surface area (Å²) in [5.74, 6) is -2.10. The van der Waals surface area contributed by atoms with Crippen LogP contribution >= 0.6 is 23.2 Å². The molecule has 0 saturated heterocycles. The minimum atomic E-state index is -1.11. The fraction of sp³-hybridized carbons (Fsp3) is 0.200. The van der Waals surface area contributed by atoms with Gasteiger partial charge in [0.15, 0.2) is 0 Å². The highest BCUT2D eigenvalue weighted by Crippen LogP contribution is 2.26. The summed E-state index contributed by atoms with van der Waals surface area (Å²) < 4.78 is 1.74. The fourth-order valence-electron chi connectivity index (χ4n) is 2.10. The van der Waals surface area contributed by atoms with Gasteiger partial charge in [-0.3, -0.25) is 14.3 Å². The van der Waals surface area contributed by atoms with Crippen molar-refractivity contribution in [2.24, 2.45) is 10.8 Å². The fourth-order valence-corrected chi connectivity index (χ4v) is 2.61. The second-order valence-electron chi connectivity index (χ2n) is 5.01. The van der Waals surface area contributed by atoms with Crippen LogP contribution in [0.1, 0.15) is 22.5 Å². The van der Waals surface area contributed by atoms with Crippen LogP contribution in [0.2, 0.25) is 10.0 Å². The third kappa shape index (κ3) is 3.93. The number of hydrazone groups is 1. The summed E-state index contributed by atoms with van der Waals surface area (Å²) in [5, 5.41) is 9.24. The Labute approximate surface area is 148 Å². The second-order valence-corrected chi connectivity index (χ2v) is 5.82. The summed E-state index contributed by atoms with van der Waals surface area (Å²) in [7, 11) is 0. The van der Waals surface area contributed by atoms with Crippen molar-refractivity contribution in [3.8, 4) is 0 Å². The number of hydrogen-bond acceptors (Lipinski definition) is 4. The predicted octanol–water partition coefficient (Wildman–Crippen LogP) is 1.79. The number of hydrogen-bond donors (Lipinski definition) is 2. The van der Waals surface area contributed by atoms with Gasteiger partial charge in [0.1, 0.15) is 0 Å². The maximum Gasteiger partial charge on any atom is 0.329 e. The lowest BCUT2D eigenvalue weighted by Gasteiger charge is -2.08. The molecular weight excluding hydrogens is 353 g/mol. The topological polar surface area (TPSA) is 102 Å². The number of aryl methyl sites for hydroxylation is 1. The number of amides is 2. The van der Waals surface area contributed by atoms with Crippen molar-refractivity contribution in [2.45, 2.75) is 20.4 Å². The van der Waals surface area contributed by atoms with E-state index in [1.165, 1.54) is 6.21 Å². The van der Waals surface area contributed by atoms with Gasteiger partial charge < -0.3 is 5.73 Å². The number of halogens is 2. The van der Waals surface area contributed by atoms with Crippen molar-refractivity contribution in [1.82, 2.24) is 15.2 Å². The molecule has 1 aromatic heterocycles. The Morgan fingerprint density at radius 2 is 1.96 bits per heavy atom. The van der Waals surface area contributed by atoms with Crippen LogP contribution < -0.4 is 11.2 Å². The van der Waals surface area contributed by atoms with Gasteiger partial charge in [-0.25, -0.2) is 5.43 Å². The third-order valence-corrected chi connectivity index (χ3v) is 4.10. The third-order valence-electron chi connectivity index (χ3n) is 3.39. The van der Waals surface area contributed by atoms with E-state index in [1.807, 2.05) is 12.3 Å². The first kappa shape index (κ1) is 18.0. The zero-order valence-electron chi connectivity index (χ0n) is 13.0. The summed E-state index contributed by atoms with van der Waals surface area (Å²) in [5.41, 5.74) is 9.85. The first-order chi connectivity index (χ1) is 11.3. The number of primary amides is 1. The Morgan fingerprint density at radius 1 is 1.33 bits per heavy atom. The van der Waals surface area contributed by atoms with E-state index in [-0.39, 0.29) is 0 Å². The van der Waals surface area contributed by atoms with Crippen LogP contribution in [-0.2, 0) is 16.1 Å². The lowest BCUT2D eigenvalue weighted by atomic mass is 10.2. The number of nitrogens with two attached hydrogens (primary N) is 1. The quantitative estimate of drug-likeness (QED) is 0.489. The number of aromatic nitrogens is 2. The van der Waals surface area contributed by atoms with Gasteiger partial charge in [0.25, 0.3) is 0 Å². The largest absolute Gasteiger partial charge is 0.361 e. The Morgan fingerprint density at radius 3 is 2.54 bits per heavy atom. The van der Waals surface area contributed by atoms with Crippen LogP contribution in [0.3, 0.4) is 0 Å². The molecule has 0 aliphatic carbocycles. The van der Waals surface area contributed by atoms with Crippen molar-refractivity contribution in [1.29, 1.82) is 0 Å². The molecule has 0 saturated carbocycles. The average Bonchev–Trinajstić information content (AvgIpc) is 2.78. The lowest BCUT2D eigenvalue weighted by molar-refractivity contribution is -0.137. The van der Waals surface area contributed by atoms with E-state index < -0.39 is 11.8 Å². The number of nitrogens with one attached hydrogen (secondary N) is 1. The number of carbonyl (C=O) groups excluding carboxylic acids is 2. The highest BCUT2D eigenvalue weighted by molar-refractivity contribution is 6.36. The highest BCUT2D eigenvalue weighted by atomic mass is 35.5. The van der Waals surface area contributed by atoms with E-state index in [4.69, 9.17) is 28.9 Å². The molecule has 0 aliphatic heterocycles. The molecule has 7 nitrogen and oxygen atoms in total. The van der Waals surface area contributed by atoms with Gasteiger partial charge >= 0.3 is 11.8 Å². The summed E-state index contributed by atoms with van der Waals surface area (Å²) in [6.45, 7) is 4.05. The minimum absolute atomic E-state index is 0.396. The molecule has 0 aliphatic rings. The van der Waals surface area contributed by atoms with E-state index >= 15 is 0 Å². The molecular formula is C15H15Cl2N5O2. The zero-order chi connectivity index (χ0) is 17.9. The van der Waals surface area contributed by atoms with E-state index in [0.29, 0.717) is 27.8 Å². The molecule has 0 spiro atoms. The molecule has 0 unspecified atom stereocenters. The lowest BCUT2D eigenvalue weighted by Crippen LogP contribution is -2.32. The van der Waals surface area contributed by atoms with E-state index in [2.05, 4.69) is 10.2 Å². The zero-order valence-corrected chi connectivity index (χ0v) is 14.5. The van der Waals surface area contributed by atoms with Crippen molar-refractivity contribution < 1.29 is 9.59 Å². The van der Waals surface area contributed by atoms with Crippen molar-refractivity contribution in [3.63, 3.8) is 0 Å². The maximum atomic E-state index is 11.1. The average molecular weight is 368 g/mol. The van der Waals surface area contributed by atoms with Gasteiger partial charge in [-0.1, -0.05) is 29.3 Å². The summed E-state index contributed by atoms with van der Waals surface area (Å²) >= 11 is 12.4. The van der Waals surface area contributed by atoms with Crippen molar-refractivity contribution in [2.75, 3.05) is 0 Å². The molecule has 1 heterocycles. The number of benzene rings is 1. The molecule has 2 amide bonds. The van der Waals surface area contributed by atoms with Crippen LogP contribution in [-0.4, -0.2) is 27.8 Å². The maximum absolute atomic E-state index is 11.1. The summed E-state index contributed by atoms with van der Waals surface area (Å²) in [6.07, 6.45) is 1.41. The van der Waals surface area contributed by atoms with Gasteiger partial charge in [-0.05, 0) is 26.0 Å². The van der Waals surface area contributed by atoms with Crippen LogP contribution in [0.15, 0.2) is 23.3 Å². The van der Waals surface area contributed by atoms with Crippen LogP contribution in [0, 0.1) is 13.8 Å². The monoisotopic (exact) mass is 367 g/mol. The molecule has 9 heteroatoms. The smallest absolute Gasteiger partial charge is 0.329 e. The number of rotatable bonds is 4. The van der Waals surface area contributed by atoms with Crippen LogP contribution in [0.25, 0.3) is 0 Å². The molecule has 2 aromatic rings. The molecule has 0 fully saturated rings. The van der Waals surface area contributed by atoms with Gasteiger partial charge in [-0.2, -0.15) is 10.2 Å². The SMILES string of the molecule is Cc1nn(Cc2c(Cl)cccc2Cl)c(C)c1/C=N\NC(=O)C(N)=O. The minimum Gasteiger partial charge on any atom is -0.361 e. The molecule has 0 atom stereocenters. The molecule has 24 heavy (non-hydrogen) atoms. The van der Waals surface area contributed by atoms with Crippen LogP contribution in [0.5, 0.6) is 0 Å². The Balaban J connectivity index is 2.24. The van der Waals surface area contributed by atoms with Gasteiger partial charge in [0.05, 0.1) is 18.5 Å². The standard InChI is InChI=1S/C15H15Cl2N5O2/c1-8-10(6-19-20-15(24)14(18)23)9(2)22(21-8)7-11-12(16)4-3-5-13(11)17/h3-6H,7H2,1-2H3,(H2,18,23)(H,20,24)/b19-6-. The second kappa shape index (κ2) is 7.46. The van der Waals surface area contributed by atoms with E-state index in [0.717, 1.165) is 11.3 Å². The first-order valence-corrected chi connectivity index (χ1v) is 7.66. The highest BCUT2D eigenvalue weighted by Gasteiger charge is 2.13. The normalized spacial score (nSPS) is 11.0. The Kier molecular flexibility index (Phi) is 5.58. The van der Waals surface area contributed by atoms with Crippen molar-refractivity contribution in [3.05, 3.63) is 50.8 Å². The van der Waals surface area contributed by atoms with Gasteiger partial charge in [0.2, 0.25) is 0 Å². The molecule has 1 aromatic carbocycles. The number of carbonyl (C=O) groups is 2.